The molecule has 146 valence electrons. The average Bonchev–Trinajstić information content (AvgIpc) is 3.50. The zero-order valence-corrected chi connectivity index (χ0v) is 15.6. The normalized spacial score (nSPS) is 17.4. The van der Waals surface area contributed by atoms with E-state index < -0.39 is 4.92 Å². The third-order valence-corrected chi connectivity index (χ3v) is 5.22. The van der Waals surface area contributed by atoms with Gasteiger partial charge in [0.05, 0.1) is 4.92 Å². The van der Waals surface area contributed by atoms with E-state index in [-0.39, 0.29) is 35.5 Å². The van der Waals surface area contributed by atoms with Crippen LogP contribution in [-0.2, 0) is 4.79 Å². The molecule has 0 radical (unpaired) electrons. The minimum Gasteiger partial charge on any atom is -0.366 e. The van der Waals surface area contributed by atoms with Gasteiger partial charge in [0.2, 0.25) is 5.91 Å². The van der Waals surface area contributed by atoms with Gasteiger partial charge in [-0.15, -0.1) is 0 Å². The van der Waals surface area contributed by atoms with Gasteiger partial charge in [-0.2, -0.15) is 0 Å². The molecular weight excluding hydrogens is 348 g/mol. The first-order valence-electron chi connectivity index (χ1n) is 9.55. The summed E-state index contributed by atoms with van der Waals surface area (Å²) in [6.07, 6.45) is 3.88. The molecule has 1 saturated carbocycles. The van der Waals surface area contributed by atoms with E-state index >= 15 is 0 Å². The van der Waals surface area contributed by atoms with Gasteiger partial charge in [-0.05, 0) is 43.7 Å². The Balaban J connectivity index is 1.59. The number of nitro groups is 1. The highest BCUT2D eigenvalue weighted by molar-refractivity contribution is 5.95. The first-order valence-corrected chi connectivity index (χ1v) is 9.55. The summed E-state index contributed by atoms with van der Waals surface area (Å²) in [5.74, 6) is 0.414. The van der Waals surface area contributed by atoms with Gasteiger partial charge >= 0.3 is 0 Å². The van der Waals surface area contributed by atoms with E-state index in [0.29, 0.717) is 18.2 Å². The van der Waals surface area contributed by atoms with Crippen molar-refractivity contribution in [1.82, 2.24) is 10.6 Å². The molecule has 0 bridgehead atoms. The van der Waals surface area contributed by atoms with Crippen molar-refractivity contribution in [3.05, 3.63) is 33.9 Å². The predicted octanol–water partition coefficient (Wildman–Crippen LogP) is 2.09. The van der Waals surface area contributed by atoms with Crippen molar-refractivity contribution in [2.24, 2.45) is 11.8 Å². The number of carbonyl (C=O) groups excluding carboxylic acids is 2. The van der Waals surface area contributed by atoms with Crippen LogP contribution in [0, 0.1) is 22.0 Å². The summed E-state index contributed by atoms with van der Waals surface area (Å²) < 4.78 is 0. The molecule has 8 nitrogen and oxygen atoms in total. The van der Waals surface area contributed by atoms with E-state index in [1.165, 1.54) is 6.07 Å². The largest absolute Gasteiger partial charge is 0.366 e. The second kappa shape index (κ2) is 8.37. The molecule has 27 heavy (non-hydrogen) atoms. The molecule has 3 rings (SSSR count). The summed E-state index contributed by atoms with van der Waals surface area (Å²) in [6, 6.07) is 4.63. The van der Waals surface area contributed by atoms with E-state index in [2.05, 4.69) is 17.6 Å². The topological polar surface area (TPSA) is 105 Å². The highest BCUT2D eigenvalue weighted by Crippen LogP contribution is 2.32. The van der Waals surface area contributed by atoms with Crippen molar-refractivity contribution in [3.63, 3.8) is 0 Å². The summed E-state index contributed by atoms with van der Waals surface area (Å²) in [6.45, 7) is 4.40. The van der Waals surface area contributed by atoms with Gasteiger partial charge in [-0.1, -0.05) is 6.92 Å². The zero-order chi connectivity index (χ0) is 19.4. The Labute approximate surface area is 158 Å². The Kier molecular flexibility index (Phi) is 5.93. The van der Waals surface area contributed by atoms with Gasteiger partial charge in [0.15, 0.2) is 0 Å². The first kappa shape index (κ1) is 19.1. The van der Waals surface area contributed by atoms with Crippen molar-refractivity contribution in [3.8, 4) is 0 Å². The summed E-state index contributed by atoms with van der Waals surface area (Å²) >= 11 is 0. The Bertz CT molecular complexity index is 724. The van der Waals surface area contributed by atoms with E-state index in [1.54, 1.807) is 12.1 Å². The molecule has 0 atom stereocenters. The van der Waals surface area contributed by atoms with Gasteiger partial charge in [-0.3, -0.25) is 19.7 Å². The molecule has 8 heteroatoms. The Morgan fingerprint density at radius 2 is 1.81 bits per heavy atom. The van der Waals surface area contributed by atoms with E-state index in [0.717, 1.165) is 38.8 Å². The van der Waals surface area contributed by atoms with E-state index in [4.69, 9.17) is 0 Å². The van der Waals surface area contributed by atoms with Gasteiger partial charge < -0.3 is 15.5 Å². The van der Waals surface area contributed by atoms with Gasteiger partial charge in [0, 0.05) is 43.7 Å². The standard InChI is InChI=1S/C19H26N4O4/c1-13-6-10-22(11-7-13)16-5-4-15(12-17(16)23(26)27)19(25)21-9-8-20-18(24)14-2-3-14/h4-5,12-14H,2-3,6-11H2,1H3,(H,20,24)(H,21,25). The number of hydrogen-bond donors (Lipinski definition) is 2. The van der Waals surface area contributed by atoms with Crippen molar-refractivity contribution in [1.29, 1.82) is 0 Å². The molecule has 1 aliphatic carbocycles. The van der Waals surface area contributed by atoms with E-state index in [9.17, 15) is 19.7 Å². The maximum Gasteiger partial charge on any atom is 0.293 e. The number of nitrogens with one attached hydrogen (secondary N) is 2. The maximum absolute atomic E-state index is 12.3. The average molecular weight is 374 g/mol. The minimum absolute atomic E-state index is 0.0279. The molecule has 2 amide bonds. The highest BCUT2D eigenvalue weighted by Gasteiger charge is 2.29. The molecule has 0 spiro atoms. The van der Waals surface area contributed by atoms with Crippen molar-refractivity contribution in [2.75, 3.05) is 31.1 Å². The molecule has 2 fully saturated rings. The molecule has 1 saturated heterocycles. The number of hydrogen-bond acceptors (Lipinski definition) is 5. The molecule has 1 aromatic carbocycles. The molecule has 1 aliphatic heterocycles. The molecule has 1 aromatic rings. The molecular formula is C19H26N4O4. The second-order valence-corrected chi connectivity index (χ2v) is 7.45. The SMILES string of the molecule is CC1CCN(c2ccc(C(=O)NCCNC(=O)C3CC3)cc2[N+](=O)[O-])CC1. The quantitative estimate of drug-likeness (QED) is 0.432. The Hall–Kier alpha value is -2.64. The van der Waals surface area contributed by atoms with Crippen molar-refractivity contribution < 1.29 is 14.5 Å². The van der Waals surface area contributed by atoms with Gasteiger partial charge in [-0.25, -0.2) is 0 Å². The van der Waals surface area contributed by atoms with Crippen LogP contribution in [0.2, 0.25) is 0 Å². The lowest BCUT2D eigenvalue weighted by atomic mass is 9.98. The molecule has 2 N–H and O–H groups in total. The summed E-state index contributed by atoms with van der Waals surface area (Å²) in [5.41, 5.74) is 0.781. The lowest BCUT2D eigenvalue weighted by Gasteiger charge is -2.31. The van der Waals surface area contributed by atoms with Crippen LogP contribution in [-0.4, -0.2) is 42.9 Å². The van der Waals surface area contributed by atoms with Crippen molar-refractivity contribution in [2.45, 2.75) is 32.6 Å². The van der Waals surface area contributed by atoms with Crippen LogP contribution in [0.15, 0.2) is 18.2 Å². The third-order valence-electron chi connectivity index (χ3n) is 5.22. The number of piperidine rings is 1. The van der Waals surface area contributed by atoms with Crippen LogP contribution in [0.1, 0.15) is 43.0 Å². The summed E-state index contributed by atoms with van der Waals surface area (Å²) in [7, 11) is 0. The Morgan fingerprint density at radius 3 is 2.44 bits per heavy atom. The number of nitro benzene ring substituents is 1. The van der Waals surface area contributed by atoms with Crippen LogP contribution in [0.4, 0.5) is 11.4 Å². The number of amides is 2. The second-order valence-electron chi connectivity index (χ2n) is 7.45. The van der Waals surface area contributed by atoms with Crippen LogP contribution in [0.5, 0.6) is 0 Å². The fourth-order valence-corrected chi connectivity index (χ4v) is 3.28. The van der Waals surface area contributed by atoms with Crippen LogP contribution >= 0.6 is 0 Å². The lowest BCUT2D eigenvalue weighted by Crippen LogP contribution is -2.35. The molecule has 2 aliphatic rings. The smallest absolute Gasteiger partial charge is 0.293 e. The van der Waals surface area contributed by atoms with E-state index in [1.807, 2.05) is 4.90 Å². The molecule has 0 aromatic heterocycles. The summed E-state index contributed by atoms with van der Waals surface area (Å²) in [5, 5.41) is 17.0. The van der Waals surface area contributed by atoms with Crippen molar-refractivity contribution >= 4 is 23.2 Å². The number of rotatable bonds is 7. The van der Waals surface area contributed by atoms with Crippen LogP contribution in [0.25, 0.3) is 0 Å². The minimum atomic E-state index is -0.431. The highest BCUT2D eigenvalue weighted by atomic mass is 16.6. The Morgan fingerprint density at radius 1 is 1.15 bits per heavy atom. The fraction of sp³-hybridized carbons (Fsp3) is 0.579. The van der Waals surface area contributed by atoms with Crippen LogP contribution < -0.4 is 15.5 Å². The monoisotopic (exact) mass is 374 g/mol. The first-order chi connectivity index (χ1) is 13.0. The van der Waals surface area contributed by atoms with Gasteiger partial charge in [0.25, 0.3) is 11.6 Å². The number of anilines is 1. The maximum atomic E-state index is 12.3. The van der Waals surface area contributed by atoms with Crippen LogP contribution in [0.3, 0.4) is 0 Å². The molecule has 0 unspecified atom stereocenters. The zero-order valence-electron chi connectivity index (χ0n) is 15.6. The number of nitrogens with zero attached hydrogens (tertiary/aromatic N) is 2. The molecule has 1 heterocycles. The lowest BCUT2D eigenvalue weighted by molar-refractivity contribution is -0.384. The third kappa shape index (κ3) is 4.96. The number of benzene rings is 1. The fourth-order valence-electron chi connectivity index (χ4n) is 3.28. The number of carbonyl (C=O) groups is 2. The summed E-state index contributed by atoms with van der Waals surface area (Å²) in [4.78, 5) is 36.9. The predicted molar refractivity (Wildman–Crippen MR) is 102 cm³/mol. The van der Waals surface area contributed by atoms with Gasteiger partial charge in [0.1, 0.15) is 5.69 Å².